The van der Waals surface area contributed by atoms with Crippen molar-refractivity contribution in [1.82, 2.24) is 29.3 Å². The molecule has 1 N–H and O–H groups in total. The molecule has 3 aromatic rings. The normalized spacial score (nSPS) is 14.6. The second-order valence-corrected chi connectivity index (χ2v) is 6.41. The third kappa shape index (κ3) is 3.33. The van der Waals surface area contributed by atoms with Crippen molar-refractivity contribution in [2.45, 2.75) is 6.92 Å². The van der Waals surface area contributed by atoms with Crippen LogP contribution in [0.4, 0.5) is 11.6 Å². The minimum Gasteiger partial charge on any atom is -0.354 e. The van der Waals surface area contributed by atoms with E-state index in [0.717, 1.165) is 16.2 Å². The predicted octanol–water partition coefficient (Wildman–Crippen LogP) is -0.316. The van der Waals surface area contributed by atoms with Crippen molar-refractivity contribution in [3.8, 4) is 5.82 Å². The van der Waals surface area contributed by atoms with E-state index in [9.17, 15) is 9.59 Å². The lowest BCUT2D eigenvalue weighted by molar-refractivity contribution is 0.632. The van der Waals surface area contributed by atoms with Gasteiger partial charge in [0, 0.05) is 57.8 Å². The lowest BCUT2D eigenvalue weighted by Crippen LogP contribution is -2.48. The standard InChI is InChI=1S/C17H20N8O2/c1-12-19-13(10-15(20-12)25-5-3-4-18-25)23-6-8-24(9-7-23)14-11-16(26)22(2)17(27)21-14/h3-5,10-11H,6-9H2,1-2H3,(H,21,27). The monoisotopic (exact) mass is 368 g/mol. The first kappa shape index (κ1) is 17.0. The van der Waals surface area contributed by atoms with Gasteiger partial charge in [0.05, 0.1) is 0 Å². The van der Waals surface area contributed by atoms with Crippen LogP contribution < -0.4 is 21.0 Å². The van der Waals surface area contributed by atoms with Crippen LogP contribution in [0.2, 0.25) is 0 Å². The third-order valence-electron chi connectivity index (χ3n) is 4.62. The number of aryl methyl sites for hydroxylation is 1. The molecule has 0 atom stereocenters. The van der Waals surface area contributed by atoms with Crippen molar-refractivity contribution < 1.29 is 0 Å². The highest BCUT2D eigenvalue weighted by molar-refractivity contribution is 5.47. The van der Waals surface area contributed by atoms with Crippen molar-refractivity contribution >= 4 is 11.6 Å². The average Bonchev–Trinajstić information content (AvgIpc) is 3.20. The molecule has 0 amide bonds. The van der Waals surface area contributed by atoms with Crippen molar-refractivity contribution in [3.05, 3.63) is 57.3 Å². The van der Waals surface area contributed by atoms with Gasteiger partial charge in [0.15, 0.2) is 5.82 Å². The summed E-state index contributed by atoms with van der Waals surface area (Å²) in [6.07, 6.45) is 3.55. The summed E-state index contributed by atoms with van der Waals surface area (Å²) in [6.45, 7) is 4.63. The maximum absolute atomic E-state index is 11.9. The molecule has 0 radical (unpaired) electrons. The molecule has 0 aliphatic carbocycles. The van der Waals surface area contributed by atoms with E-state index in [-0.39, 0.29) is 5.56 Å². The van der Waals surface area contributed by atoms with Crippen LogP contribution >= 0.6 is 0 Å². The van der Waals surface area contributed by atoms with Gasteiger partial charge in [-0.2, -0.15) is 5.10 Å². The smallest absolute Gasteiger partial charge is 0.329 e. The molecule has 4 rings (SSSR count). The predicted molar refractivity (Wildman–Crippen MR) is 101 cm³/mol. The maximum atomic E-state index is 11.9. The number of H-pyrrole nitrogens is 1. The zero-order chi connectivity index (χ0) is 19.0. The molecule has 1 fully saturated rings. The van der Waals surface area contributed by atoms with Crippen LogP contribution in [-0.4, -0.2) is 55.5 Å². The van der Waals surface area contributed by atoms with Crippen LogP contribution in [-0.2, 0) is 7.05 Å². The van der Waals surface area contributed by atoms with E-state index in [1.54, 1.807) is 10.9 Å². The molecule has 0 bridgehead atoms. The Bertz CT molecular complexity index is 1030. The Morgan fingerprint density at radius 3 is 2.37 bits per heavy atom. The number of piperazine rings is 1. The zero-order valence-corrected chi connectivity index (χ0v) is 15.2. The zero-order valence-electron chi connectivity index (χ0n) is 15.2. The van der Waals surface area contributed by atoms with E-state index < -0.39 is 5.69 Å². The number of anilines is 2. The fraction of sp³-hybridized carbons (Fsp3) is 0.353. The van der Waals surface area contributed by atoms with Gasteiger partial charge in [0.1, 0.15) is 17.5 Å². The number of aromatic nitrogens is 6. The Balaban J connectivity index is 1.53. The molecule has 10 heteroatoms. The molecule has 10 nitrogen and oxygen atoms in total. The van der Waals surface area contributed by atoms with Crippen molar-refractivity contribution in [3.63, 3.8) is 0 Å². The number of nitrogens with one attached hydrogen (secondary N) is 1. The molecule has 0 spiro atoms. The van der Waals surface area contributed by atoms with Gasteiger partial charge < -0.3 is 9.80 Å². The van der Waals surface area contributed by atoms with Crippen LogP contribution in [0.5, 0.6) is 0 Å². The number of nitrogens with zero attached hydrogens (tertiary/aromatic N) is 7. The highest BCUT2D eigenvalue weighted by Gasteiger charge is 2.20. The molecule has 1 saturated heterocycles. The molecular formula is C17H20N8O2. The van der Waals surface area contributed by atoms with Crippen LogP contribution in [0.15, 0.2) is 40.2 Å². The Kier molecular flexibility index (Phi) is 4.22. The summed E-state index contributed by atoms with van der Waals surface area (Å²) < 4.78 is 2.76. The van der Waals surface area contributed by atoms with Crippen molar-refractivity contribution in [2.24, 2.45) is 7.05 Å². The number of aromatic amines is 1. The van der Waals surface area contributed by atoms with Crippen molar-refractivity contribution in [1.29, 1.82) is 0 Å². The average molecular weight is 368 g/mol. The first-order valence-electron chi connectivity index (χ1n) is 8.67. The lowest BCUT2D eigenvalue weighted by Gasteiger charge is -2.36. The lowest BCUT2D eigenvalue weighted by atomic mass is 10.3. The molecule has 1 aliphatic rings. The van der Waals surface area contributed by atoms with Gasteiger partial charge in [0.2, 0.25) is 0 Å². The quantitative estimate of drug-likeness (QED) is 0.676. The van der Waals surface area contributed by atoms with Gasteiger partial charge in [-0.15, -0.1) is 0 Å². The van der Waals surface area contributed by atoms with E-state index in [1.165, 1.54) is 13.1 Å². The maximum Gasteiger partial charge on any atom is 0.329 e. The molecule has 1 aliphatic heterocycles. The SMILES string of the molecule is Cc1nc(N2CCN(c3cc(=O)n(C)c(=O)[nH]3)CC2)cc(-n2cccn2)n1. The van der Waals surface area contributed by atoms with E-state index in [1.807, 2.05) is 30.2 Å². The van der Waals surface area contributed by atoms with Crippen LogP contribution in [0.1, 0.15) is 5.82 Å². The van der Waals surface area contributed by atoms with E-state index in [2.05, 4.69) is 25.0 Å². The van der Waals surface area contributed by atoms with Crippen LogP contribution in [0, 0.1) is 6.92 Å². The van der Waals surface area contributed by atoms with Gasteiger partial charge in [-0.1, -0.05) is 0 Å². The minimum atomic E-state index is -0.407. The first-order valence-corrected chi connectivity index (χ1v) is 8.67. The summed E-state index contributed by atoms with van der Waals surface area (Å²) >= 11 is 0. The third-order valence-corrected chi connectivity index (χ3v) is 4.62. The van der Waals surface area contributed by atoms with Gasteiger partial charge in [-0.05, 0) is 13.0 Å². The highest BCUT2D eigenvalue weighted by Crippen LogP contribution is 2.18. The number of rotatable bonds is 3. The molecular weight excluding hydrogens is 348 g/mol. The van der Waals surface area contributed by atoms with Gasteiger partial charge in [0.25, 0.3) is 5.56 Å². The fourth-order valence-electron chi connectivity index (χ4n) is 3.11. The van der Waals surface area contributed by atoms with Crippen LogP contribution in [0.25, 0.3) is 5.82 Å². The molecule has 27 heavy (non-hydrogen) atoms. The largest absolute Gasteiger partial charge is 0.354 e. The topological polar surface area (TPSA) is 105 Å². The number of hydrogen-bond acceptors (Lipinski definition) is 7. The minimum absolute atomic E-state index is 0.313. The Labute approximate surface area is 154 Å². The molecule has 3 aromatic heterocycles. The molecule has 140 valence electrons. The van der Waals surface area contributed by atoms with Gasteiger partial charge in [-0.3, -0.25) is 14.3 Å². The molecule has 0 saturated carbocycles. The number of hydrogen-bond donors (Lipinski definition) is 1. The second-order valence-electron chi connectivity index (χ2n) is 6.41. The summed E-state index contributed by atoms with van der Waals surface area (Å²) in [6, 6.07) is 5.22. The Morgan fingerprint density at radius 2 is 1.70 bits per heavy atom. The second kappa shape index (κ2) is 6.71. The van der Waals surface area contributed by atoms with Crippen LogP contribution in [0.3, 0.4) is 0 Å². The van der Waals surface area contributed by atoms with E-state index in [0.29, 0.717) is 37.8 Å². The Morgan fingerprint density at radius 1 is 1.00 bits per heavy atom. The van der Waals surface area contributed by atoms with Crippen molar-refractivity contribution in [2.75, 3.05) is 36.0 Å². The fourth-order valence-corrected chi connectivity index (χ4v) is 3.11. The summed E-state index contributed by atoms with van der Waals surface area (Å²) in [7, 11) is 1.46. The molecule has 0 unspecified atom stereocenters. The van der Waals surface area contributed by atoms with Gasteiger partial charge >= 0.3 is 5.69 Å². The highest BCUT2D eigenvalue weighted by atomic mass is 16.2. The summed E-state index contributed by atoms with van der Waals surface area (Å²) in [5.74, 6) is 2.79. The summed E-state index contributed by atoms with van der Waals surface area (Å²) in [4.78, 5) is 39.6. The van der Waals surface area contributed by atoms with E-state index >= 15 is 0 Å². The molecule has 4 heterocycles. The Hall–Kier alpha value is -3.43. The summed E-state index contributed by atoms with van der Waals surface area (Å²) in [5, 5.41) is 4.22. The first-order chi connectivity index (χ1) is 13.0. The van der Waals surface area contributed by atoms with E-state index in [4.69, 9.17) is 0 Å². The molecule has 0 aromatic carbocycles. The van der Waals surface area contributed by atoms with Gasteiger partial charge in [-0.25, -0.2) is 19.4 Å². The summed E-state index contributed by atoms with van der Waals surface area (Å²) in [5.41, 5.74) is -0.721.